The van der Waals surface area contributed by atoms with E-state index in [1.54, 1.807) is 0 Å². The molecule has 0 aromatic rings. The predicted octanol–water partition coefficient (Wildman–Crippen LogP) is 2.45. The van der Waals surface area contributed by atoms with Crippen molar-refractivity contribution in [3.8, 4) is 0 Å². The van der Waals surface area contributed by atoms with E-state index in [0.29, 0.717) is 5.91 Å². The second kappa shape index (κ2) is 5.14. The van der Waals surface area contributed by atoms with Crippen molar-refractivity contribution in [1.82, 2.24) is 4.67 Å². The fourth-order valence-corrected chi connectivity index (χ4v) is 3.81. The number of nitrogens with zero attached hydrogens (tertiary/aromatic N) is 1. The lowest BCUT2D eigenvalue weighted by atomic mass is 10.1. The van der Waals surface area contributed by atoms with Crippen molar-refractivity contribution in [2.24, 2.45) is 5.92 Å². The van der Waals surface area contributed by atoms with Crippen molar-refractivity contribution in [2.75, 3.05) is 13.2 Å². The van der Waals surface area contributed by atoms with Crippen molar-refractivity contribution in [2.45, 2.75) is 26.2 Å². The highest BCUT2D eigenvalue weighted by atomic mass is 32.0. The first-order valence-corrected chi connectivity index (χ1v) is 7.94. The molecule has 0 radical (unpaired) electrons. The summed E-state index contributed by atoms with van der Waals surface area (Å²) in [7, 11) is 1.63. The van der Waals surface area contributed by atoms with Crippen LogP contribution in [-0.2, 0) is 4.79 Å². The van der Waals surface area contributed by atoms with Crippen LogP contribution < -0.4 is 0 Å². The Morgan fingerprint density at radius 3 is 2.92 bits per heavy atom. The lowest BCUT2D eigenvalue weighted by Crippen LogP contribution is -2.26. The third kappa shape index (κ3) is 2.68. The minimum atomic E-state index is 0.274. The van der Waals surface area contributed by atoms with Gasteiger partial charge in [0.05, 0.1) is 0 Å². The van der Waals surface area contributed by atoms with E-state index in [0.717, 1.165) is 29.7 Å². The normalized spacial score (nSPS) is 27.7. The molecule has 0 bridgehead atoms. The molecule has 70 valence electrons. The third-order valence-electron chi connectivity index (χ3n) is 2.20. The van der Waals surface area contributed by atoms with Gasteiger partial charge in [-0.25, -0.2) is 0 Å². The number of hydrogen-bond acceptors (Lipinski definition) is 1. The first kappa shape index (κ1) is 10.4. The van der Waals surface area contributed by atoms with Gasteiger partial charge < -0.3 is 4.67 Å². The number of carbonyl (C=O) groups excluding carboxylic acids is 1. The fraction of sp³-hybridized carbons (Fsp3) is 0.875. The summed E-state index contributed by atoms with van der Waals surface area (Å²) in [5.41, 5.74) is 0. The standard InChI is InChI=1S/C8H17NOP2/c1-7-5-3-4-6-9(8(7)10)12-11-2/h7,11-12H,3-6H2,1-2H3. The van der Waals surface area contributed by atoms with E-state index in [1.165, 1.54) is 12.8 Å². The topological polar surface area (TPSA) is 20.3 Å². The van der Waals surface area contributed by atoms with Crippen LogP contribution in [0, 0.1) is 5.92 Å². The lowest BCUT2D eigenvalue weighted by Gasteiger charge is -2.21. The van der Waals surface area contributed by atoms with E-state index in [9.17, 15) is 4.79 Å². The predicted molar refractivity (Wildman–Crippen MR) is 57.3 cm³/mol. The summed E-state index contributed by atoms with van der Waals surface area (Å²) in [6.07, 6.45) is 3.51. The average molecular weight is 205 g/mol. The monoisotopic (exact) mass is 205 g/mol. The number of rotatable bonds is 2. The molecule has 0 aromatic heterocycles. The summed E-state index contributed by atoms with van der Waals surface area (Å²) in [6.45, 7) is 5.23. The molecule has 3 atom stereocenters. The van der Waals surface area contributed by atoms with E-state index < -0.39 is 0 Å². The molecule has 1 fully saturated rings. The van der Waals surface area contributed by atoms with Gasteiger partial charge in [0.2, 0.25) is 5.91 Å². The van der Waals surface area contributed by atoms with Crippen molar-refractivity contribution in [1.29, 1.82) is 0 Å². The second-order valence-corrected chi connectivity index (χ2v) is 6.68. The first-order chi connectivity index (χ1) is 5.75. The Hall–Kier alpha value is 0.330. The summed E-state index contributed by atoms with van der Waals surface area (Å²) in [4.78, 5) is 11.7. The summed E-state index contributed by atoms with van der Waals surface area (Å²) < 4.78 is 2.07. The largest absolute Gasteiger partial charge is 0.321 e. The average Bonchev–Trinajstić information content (AvgIpc) is 2.20. The number of hydrogen-bond donors (Lipinski definition) is 0. The van der Waals surface area contributed by atoms with Crippen LogP contribution in [0.2, 0.25) is 0 Å². The smallest absolute Gasteiger partial charge is 0.228 e. The molecule has 3 unspecified atom stereocenters. The molecule has 1 heterocycles. The van der Waals surface area contributed by atoms with Gasteiger partial charge in [0.25, 0.3) is 0 Å². The molecule has 0 aliphatic carbocycles. The Labute approximate surface area is 78.0 Å². The van der Waals surface area contributed by atoms with E-state index in [2.05, 4.69) is 18.3 Å². The molecule has 1 amide bonds. The Bertz CT molecular complexity index is 163. The van der Waals surface area contributed by atoms with Gasteiger partial charge in [-0.1, -0.05) is 21.6 Å². The minimum absolute atomic E-state index is 0.274. The molecule has 0 spiro atoms. The molecular formula is C8H17NOP2. The Kier molecular flexibility index (Phi) is 4.46. The third-order valence-corrected chi connectivity index (χ3v) is 4.62. The Morgan fingerprint density at radius 2 is 2.25 bits per heavy atom. The van der Waals surface area contributed by atoms with Crippen molar-refractivity contribution in [3.05, 3.63) is 0 Å². The molecule has 1 saturated heterocycles. The highest BCUT2D eigenvalue weighted by Gasteiger charge is 2.22. The van der Waals surface area contributed by atoms with Crippen LogP contribution in [0.1, 0.15) is 26.2 Å². The highest BCUT2D eigenvalue weighted by molar-refractivity contribution is 8.10. The van der Waals surface area contributed by atoms with Crippen LogP contribution in [-0.4, -0.2) is 23.8 Å². The van der Waals surface area contributed by atoms with E-state index in [-0.39, 0.29) is 5.92 Å². The zero-order valence-corrected chi connectivity index (χ0v) is 9.76. The van der Waals surface area contributed by atoms with Crippen LogP contribution in [0.15, 0.2) is 0 Å². The van der Waals surface area contributed by atoms with E-state index >= 15 is 0 Å². The molecule has 2 nitrogen and oxygen atoms in total. The van der Waals surface area contributed by atoms with Gasteiger partial charge >= 0.3 is 0 Å². The van der Waals surface area contributed by atoms with E-state index in [4.69, 9.17) is 0 Å². The zero-order valence-electron chi connectivity index (χ0n) is 7.76. The summed E-state index contributed by atoms with van der Waals surface area (Å²) in [5.74, 6) is 0.663. The summed E-state index contributed by atoms with van der Waals surface area (Å²) in [6, 6.07) is 0. The molecular weight excluding hydrogens is 188 g/mol. The van der Waals surface area contributed by atoms with Crippen molar-refractivity contribution in [3.63, 3.8) is 0 Å². The number of carbonyl (C=O) groups is 1. The molecule has 0 saturated carbocycles. The quantitative estimate of drug-likeness (QED) is 0.634. The summed E-state index contributed by atoms with van der Waals surface area (Å²) >= 11 is 0. The summed E-state index contributed by atoms with van der Waals surface area (Å²) in [5, 5.41) is 0. The molecule has 4 heteroatoms. The zero-order chi connectivity index (χ0) is 8.97. The molecule has 0 N–H and O–H groups in total. The Balaban J connectivity index is 2.52. The maximum Gasteiger partial charge on any atom is 0.228 e. The number of amides is 1. The highest BCUT2D eigenvalue weighted by Crippen LogP contribution is 2.39. The second-order valence-electron chi connectivity index (χ2n) is 3.25. The molecule has 1 rings (SSSR count). The van der Waals surface area contributed by atoms with Gasteiger partial charge in [0.1, 0.15) is 0 Å². The molecule has 12 heavy (non-hydrogen) atoms. The maximum absolute atomic E-state index is 11.7. The van der Waals surface area contributed by atoms with Gasteiger partial charge in [-0.3, -0.25) is 4.79 Å². The van der Waals surface area contributed by atoms with Crippen molar-refractivity contribution < 1.29 is 4.79 Å². The Morgan fingerprint density at radius 1 is 1.50 bits per heavy atom. The van der Waals surface area contributed by atoms with Crippen LogP contribution in [0.4, 0.5) is 0 Å². The SMILES string of the molecule is CPPN1CCCCC(C)C1=O. The molecule has 0 aromatic carbocycles. The van der Waals surface area contributed by atoms with Gasteiger partial charge in [0.15, 0.2) is 0 Å². The van der Waals surface area contributed by atoms with E-state index in [1.807, 2.05) is 0 Å². The van der Waals surface area contributed by atoms with Gasteiger partial charge in [-0.2, -0.15) is 0 Å². The minimum Gasteiger partial charge on any atom is -0.321 e. The van der Waals surface area contributed by atoms with Gasteiger partial charge in [-0.15, -0.1) is 0 Å². The maximum atomic E-state index is 11.7. The van der Waals surface area contributed by atoms with Gasteiger partial charge in [-0.05, 0) is 19.5 Å². The first-order valence-electron chi connectivity index (χ1n) is 4.49. The lowest BCUT2D eigenvalue weighted by molar-refractivity contribution is -0.129. The van der Waals surface area contributed by atoms with Crippen LogP contribution in [0.25, 0.3) is 0 Å². The van der Waals surface area contributed by atoms with Crippen LogP contribution in [0.3, 0.4) is 0 Å². The fourth-order valence-electron chi connectivity index (χ4n) is 1.47. The van der Waals surface area contributed by atoms with Crippen molar-refractivity contribution >= 4 is 22.6 Å². The molecule has 1 aliphatic rings. The van der Waals surface area contributed by atoms with Gasteiger partial charge in [0, 0.05) is 20.9 Å². The van der Waals surface area contributed by atoms with Crippen LogP contribution >= 0.6 is 16.7 Å². The van der Waals surface area contributed by atoms with Crippen LogP contribution in [0.5, 0.6) is 0 Å². The molecule has 1 aliphatic heterocycles.